The lowest BCUT2D eigenvalue weighted by Crippen LogP contribution is -2.53. The average Bonchev–Trinajstić information content (AvgIpc) is 3.20. The molecule has 0 saturated carbocycles. The zero-order chi connectivity index (χ0) is 27.0. The second-order valence-corrected chi connectivity index (χ2v) is 10.7. The molecule has 38 heavy (non-hydrogen) atoms. The monoisotopic (exact) mass is 529 g/mol. The van der Waals surface area contributed by atoms with Crippen LogP contribution in [0.5, 0.6) is 5.75 Å². The zero-order valence-corrected chi connectivity index (χ0v) is 23.0. The van der Waals surface area contributed by atoms with E-state index in [1.807, 2.05) is 28.9 Å². The van der Waals surface area contributed by atoms with Gasteiger partial charge in [0, 0.05) is 39.8 Å². The second-order valence-electron chi connectivity index (χ2n) is 10.7. The zero-order valence-electron chi connectivity index (χ0n) is 23.0. The molecule has 3 aliphatic heterocycles. The first kappa shape index (κ1) is 28.4. The summed E-state index contributed by atoms with van der Waals surface area (Å²) in [5, 5.41) is 0. The lowest BCUT2D eigenvalue weighted by atomic mass is 9.72. The molecule has 0 N–H and O–H groups in total. The standard InChI is InChI=1S/C29H43N3O6/c1-3-30-17-19-38-25-10-5-4-8-23(25)9-6-7-11-29(28(30)35)12-14-31(15-13-29)27(34)24-20-32(16-18-37-21-24)26(33)22-36-2/h4-5,8,10,24H,3,6-7,9,11-22H2,1-2H3. The Morgan fingerprint density at radius 3 is 2.58 bits per heavy atom. The molecule has 210 valence electrons. The predicted octanol–water partition coefficient (Wildman–Crippen LogP) is 2.37. The number of nitrogens with zero attached hydrogens (tertiary/aromatic N) is 3. The van der Waals surface area contributed by atoms with Gasteiger partial charge in [-0.2, -0.15) is 0 Å². The van der Waals surface area contributed by atoms with E-state index in [4.69, 9.17) is 14.2 Å². The average molecular weight is 530 g/mol. The Bertz CT molecular complexity index is 961. The second kappa shape index (κ2) is 13.4. The minimum atomic E-state index is -0.452. The van der Waals surface area contributed by atoms with Crippen LogP contribution >= 0.6 is 0 Å². The molecule has 1 aromatic rings. The van der Waals surface area contributed by atoms with Crippen molar-refractivity contribution in [3.05, 3.63) is 29.8 Å². The van der Waals surface area contributed by atoms with Gasteiger partial charge in [0.05, 0.1) is 31.1 Å². The Hall–Kier alpha value is -2.65. The Morgan fingerprint density at radius 1 is 1.03 bits per heavy atom. The van der Waals surface area contributed by atoms with Crippen LogP contribution in [0.1, 0.15) is 44.6 Å². The molecule has 4 rings (SSSR count). The molecule has 2 fully saturated rings. The number of rotatable bonds is 4. The van der Waals surface area contributed by atoms with E-state index < -0.39 is 11.3 Å². The van der Waals surface area contributed by atoms with Gasteiger partial charge in [0.1, 0.15) is 19.0 Å². The summed E-state index contributed by atoms with van der Waals surface area (Å²) in [5.74, 6) is 0.596. The number of fused-ring (bicyclic) bond motifs is 1. The molecule has 9 heteroatoms. The van der Waals surface area contributed by atoms with Crippen LogP contribution in [0.3, 0.4) is 0 Å². The first-order valence-corrected chi connectivity index (χ1v) is 14.1. The fourth-order valence-corrected chi connectivity index (χ4v) is 6.02. The summed E-state index contributed by atoms with van der Waals surface area (Å²) in [7, 11) is 1.49. The summed E-state index contributed by atoms with van der Waals surface area (Å²) >= 11 is 0. The maximum absolute atomic E-state index is 13.9. The van der Waals surface area contributed by atoms with Gasteiger partial charge < -0.3 is 28.9 Å². The Kier molecular flexibility index (Phi) is 10.0. The quantitative estimate of drug-likeness (QED) is 0.595. The molecule has 3 aliphatic rings. The molecule has 0 bridgehead atoms. The summed E-state index contributed by atoms with van der Waals surface area (Å²) in [6.45, 7) is 6.30. The summed E-state index contributed by atoms with van der Waals surface area (Å²) in [4.78, 5) is 45.3. The first-order chi connectivity index (χ1) is 18.5. The molecule has 3 amide bonds. The van der Waals surface area contributed by atoms with E-state index in [0.717, 1.165) is 31.4 Å². The molecule has 1 aromatic carbocycles. The van der Waals surface area contributed by atoms with Gasteiger partial charge in [-0.3, -0.25) is 14.4 Å². The fraction of sp³-hybridized carbons (Fsp3) is 0.690. The largest absolute Gasteiger partial charge is 0.491 e. The van der Waals surface area contributed by atoms with Crippen LogP contribution in [0.15, 0.2) is 24.3 Å². The lowest BCUT2D eigenvalue weighted by molar-refractivity contribution is -0.151. The minimum absolute atomic E-state index is 0.000189. The van der Waals surface area contributed by atoms with Crippen LogP contribution in [0.2, 0.25) is 0 Å². The van der Waals surface area contributed by atoms with Gasteiger partial charge in [0.25, 0.3) is 0 Å². The first-order valence-electron chi connectivity index (χ1n) is 14.1. The topological polar surface area (TPSA) is 88.6 Å². The summed E-state index contributed by atoms with van der Waals surface area (Å²) in [6.07, 6.45) is 5.03. The number of likely N-dealkylation sites (N-methyl/N-ethyl adjacent to an activating group) is 1. The minimum Gasteiger partial charge on any atom is -0.491 e. The van der Waals surface area contributed by atoms with E-state index >= 15 is 0 Å². The number of hydrogen-bond donors (Lipinski definition) is 0. The van der Waals surface area contributed by atoms with Crippen molar-refractivity contribution in [3.8, 4) is 5.75 Å². The molecule has 1 unspecified atom stereocenters. The van der Waals surface area contributed by atoms with E-state index in [0.29, 0.717) is 71.9 Å². The molecule has 1 spiro atoms. The number of ether oxygens (including phenoxy) is 3. The van der Waals surface area contributed by atoms with E-state index in [9.17, 15) is 14.4 Å². The van der Waals surface area contributed by atoms with Crippen LogP contribution in [-0.4, -0.2) is 105 Å². The maximum Gasteiger partial charge on any atom is 0.248 e. The van der Waals surface area contributed by atoms with Gasteiger partial charge in [-0.25, -0.2) is 0 Å². The van der Waals surface area contributed by atoms with Gasteiger partial charge in [0.15, 0.2) is 0 Å². The van der Waals surface area contributed by atoms with E-state index in [2.05, 4.69) is 12.1 Å². The number of benzene rings is 1. The van der Waals surface area contributed by atoms with E-state index in [1.165, 1.54) is 12.7 Å². The molecule has 3 heterocycles. The number of carbonyl (C=O) groups excluding carboxylic acids is 3. The highest BCUT2D eigenvalue weighted by molar-refractivity contribution is 5.84. The predicted molar refractivity (Wildman–Crippen MR) is 143 cm³/mol. The Morgan fingerprint density at radius 2 is 1.82 bits per heavy atom. The highest BCUT2D eigenvalue weighted by Crippen LogP contribution is 2.39. The molecular weight excluding hydrogens is 486 g/mol. The normalized spacial score (nSPS) is 23.1. The molecule has 0 aliphatic carbocycles. The van der Waals surface area contributed by atoms with Crippen molar-refractivity contribution in [1.82, 2.24) is 14.7 Å². The molecule has 0 radical (unpaired) electrons. The molecular formula is C29H43N3O6. The van der Waals surface area contributed by atoms with E-state index in [1.54, 1.807) is 4.90 Å². The highest BCUT2D eigenvalue weighted by atomic mass is 16.5. The Labute approximate surface area is 226 Å². The van der Waals surface area contributed by atoms with Crippen LogP contribution < -0.4 is 4.74 Å². The highest BCUT2D eigenvalue weighted by Gasteiger charge is 2.44. The lowest BCUT2D eigenvalue weighted by Gasteiger charge is -2.44. The number of hydrogen-bond acceptors (Lipinski definition) is 6. The summed E-state index contributed by atoms with van der Waals surface area (Å²) < 4.78 is 16.8. The van der Waals surface area contributed by atoms with E-state index in [-0.39, 0.29) is 24.3 Å². The molecule has 0 aromatic heterocycles. The fourth-order valence-electron chi connectivity index (χ4n) is 6.02. The third-order valence-corrected chi connectivity index (χ3v) is 8.33. The van der Waals surface area contributed by atoms with Crippen molar-refractivity contribution in [3.63, 3.8) is 0 Å². The smallest absolute Gasteiger partial charge is 0.248 e. The molecule has 1 atom stereocenters. The molecule has 2 saturated heterocycles. The summed E-state index contributed by atoms with van der Waals surface area (Å²) in [5.41, 5.74) is 0.770. The number of methoxy groups -OCH3 is 1. The third-order valence-electron chi connectivity index (χ3n) is 8.33. The summed E-state index contributed by atoms with van der Waals surface area (Å²) in [6, 6.07) is 8.19. The van der Waals surface area contributed by atoms with Crippen LogP contribution in [-0.2, 0) is 30.3 Å². The number of aryl methyl sites for hydroxylation is 1. The number of likely N-dealkylation sites (tertiary alicyclic amines) is 1. The Balaban J connectivity index is 1.42. The van der Waals surface area contributed by atoms with Gasteiger partial charge in [0.2, 0.25) is 17.7 Å². The van der Waals surface area contributed by atoms with Crippen molar-refractivity contribution >= 4 is 17.7 Å². The number of piperidine rings is 1. The number of carbonyl (C=O) groups is 3. The van der Waals surface area contributed by atoms with Crippen molar-refractivity contribution in [2.45, 2.75) is 45.4 Å². The third kappa shape index (κ3) is 6.67. The van der Waals surface area contributed by atoms with Crippen molar-refractivity contribution in [1.29, 1.82) is 0 Å². The van der Waals surface area contributed by atoms with Gasteiger partial charge >= 0.3 is 0 Å². The maximum atomic E-state index is 13.9. The molecule has 9 nitrogen and oxygen atoms in total. The van der Waals surface area contributed by atoms with Crippen molar-refractivity contribution in [2.24, 2.45) is 11.3 Å². The van der Waals surface area contributed by atoms with Crippen LogP contribution in [0, 0.1) is 11.3 Å². The number of amides is 3. The van der Waals surface area contributed by atoms with Crippen LogP contribution in [0.4, 0.5) is 0 Å². The van der Waals surface area contributed by atoms with Crippen molar-refractivity contribution < 1.29 is 28.6 Å². The number of para-hydroxylation sites is 1. The van der Waals surface area contributed by atoms with Crippen molar-refractivity contribution in [2.75, 3.05) is 72.8 Å². The van der Waals surface area contributed by atoms with Gasteiger partial charge in [-0.1, -0.05) is 24.6 Å². The van der Waals surface area contributed by atoms with Crippen LogP contribution in [0.25, 0.3) is 0 Å². The van der Waals surface area contributed by atoms with Gasteiger partial charge in [-0.05, 0) is 50.7 Å². The SMILES string of the molecule is CCN1CCOc2ccccc2CCCCC2(CCN(C(=O)C3COCCN(C(=O)COC)C3)CC2)C1=O. The van der Waals surface area contributed by atoms with Gasteiger partial charge in [-0.15, -0.1) is 0 Å².